The smallest absolute Gasteiger partial charge is 0.326 e. The third kappa shape index (κ3) is 7.58. The van der Waals surface area contributed by atoms with Crippen molar-refractivity contribution in [1.82, 2.24) is 20.9 Å². The SMILES string of the molecule is CN1C(=O)NC(C)(C)C(=O)Nc2ccc(C(=O)NCCc3ccc(S(N)(=O)=O)cc3)cc2NC(=O)C(C)(C)NC1=O. The van der Waals surface area contributed by atoms with Crippen molar-refractivity contribution in [3.8, 4) is 0 Å². The lowest BCUT2D eigenvalue weighted by molar-refractivity contribution is -0.121. The number of nitrogens with one attached hydrogen (secondary N) is 5. The number of urea groups is 2. The number of anilines is 2. The van der Waals surface area contributed by atoms with Gasteiger partial charge in [-0.05, 0) is 70.0 Å². The van der Waals surface area contributed by atoms with Gasteiger partial charge in [0.05, 0.1) is 16.3 Å². The highest BCUT2D eigenvalue weighted by atomic mass is 32.2. The second-order valence-electron chi connectivity index (χ2n) is 10.5. The first kappa shape index (κ1) is 31.0. The van der Waals surface area contributed by atoms with Gasteiger partial charge in [0.1, 0.15) is 11.1 Å². The van der Waals surface area contributed by atoms with Gasteiger partial charge in [0.2, 0.25) is 21.8 Å². The Balaban J connectivity index is 1.84. The number of carbonyl (C=O) groups is 5. The van der Waals surface area contributed by atoms with Crippen molar-refractivity contribution in [1.29, 1.82) is 0 Å². The first-order chi connectivity index (χ1) is 18.9. The Morgan fingerprint density at radius 1 is 0.854 bits per heavy atom. The molecule has 0 aromatic heterocycles. The number of nitrogens with zero attached hydrogens (tertiary/aromatic N) is 1. The molecule has 7 amide bonds. The fourth-order valence-electron chi connectivity index (χ4n) is 3.63. The van der Waals surface area contributed by atoms with Gasteiger partial charge in [-0.25, -0.2) is 28.0 Å². The van der Waals surface area contributed by atoms with Crippen LogP contribution in [-0.2, 0) is 26.0 Å². The summed E-state index contributed by atoms with van der Waals surface area (Å²) in [5.41, 5.74) is -1.77. The number of carbonyl (C=O) groups excluding carboxylic acids is 5. The van der Waals surface area contributed by atoms with Gasteiger partial charge in [-0.1, -0.05) is 12.1 Å². The number of hydrogen-bond donors (Lipinski definition) is 6. The van der Waals surface area contributed by atoms with Crippen LogP contribution in [0.15, 0.2) is 47.4 Å². The number of imide groups is 1. The first-order valence-electron chi connectivity index (χ1n) is 12.5. The lowest BCUT2D eigenvalue weighted by atomic mass is 10.0. The van der Waals surface area contributed by atoms with Crippen LogP contribution in [0.25, 0.3) is 0 Å². The molecule has 0 atom stereocenters. The zero-order valence-corrected chi connectivity index (χ0v) is 24.1. The molecule has 14 nitrogen and oxygen atoms in total. The lowest BCUT2D eigenvalue weighted by Crippen LogP contribution is -2.60. The summed E-state index contributed by atoms with van der Waals surface area (Å²) in [6.07, 6.45) is 0.400. The summed E-state index contributed by atoms with van der Waals surface area (Å²) in [6.45, 7) is 5.96. The Morgan fingerprint density at radius 2 is 1.37 bits per heavy atom. The molecule has 0 radical (unpaired) electrons. The summed E-state index contributed by atoms with van der Waals surface area (Å²) < 4.78 is 22.8. The number of primary sulfonamides is 1. The van der Waals surface area contributed by atoms with E-state index in [0.29, 0.717) is 11.3 Å². The average molecular weight is 588 g/mol. The summed E-state index contributed by atoms with van der Waals surface area (Å²) in [5.74, 6) is -1.78. The summed E-state index contributed by atoms with van der Waals surface area (Å²) in [5, 5.41) is 18.1. The molecule has 0 unspecified atom stereocenters. The monoisotopic (exact) mass is 587 g/mol. The number of fused-ring (bicyclic) bond motifs is 1. The first-order valence-corrected chi connectivity index (χ1v) is 14.0. The Hall–Kier alpha value is -4.50. The maximum Gasteiger partial charge on any atom is 0.326 e. The maximum absolute atomic E-state index is 13.1. The molecule has 41 heavy (non-hydrogen) atoms. The standard InChI is InChI=1S/C26H33N7O7S/c1-25(2)21(35)29-18-11-8-16(20(34)28-13-12-15-6-9-17(10-7-15)41(27,39)40)14-19(18)30-22(36)26(3,4)32-24(38)33(5)23(37)31-25/h6-11,14H,12-13H2,1-5H3,(H,28,34)(H,29,35)(H,30,36)(H,31,37)(H,32,38)(H2,27,39,40). The molecule has 0 bridgehead atoms. The third-order valence-corrected chi connectivity index (χ3v) is 7.24. The van der Waals surface area contributed by atoms with Crippen LogP contribution in [0.4, 0.5) is 21.0 Å². The molecule has 1 aliphatic rings. The minimum Gasteiger partial charge on any atom is -0.352 e. The molecule has 2 aromatic carbocycles. The predicted molar refractivity (Wildman–Crippen MR) is 151 cm³/mol. The van der Waals surface area contributed by atoms with E-state index in [4.69, 9.17) is 5.14 Å². The second kappa shape index (κ2) is 11.5. The van der Waals surface area contributed by atoms with E-state index >= 15 is 0 Å². The summed E-state index contributed by atoms with van der Waals surface area (Å²) in [7, 11) is -2.61. The topological polar surface area (TPSA) is 209 Å². The molecule has 220 valence electrons. The molecule has 0 aliphatic carbocycles. The second-order valence-corrected chi connectivity index (χ2v) is 12.1. The molecule has 0 fully saturated rings. The van der Waals surface area contributed by atoms with E-state index in [1.165, 1.54) is 65.1 Å². The quantitative estimate of drug-likeness (QED) is 0.300. The van der Waals surface area contributed by atoms with Crippen molar-refractivity contribution in [3.63, 3.8) is 0 Å². The van der Waals surface area contributed by atoms with Crippen molar-refractivity contribution < 1.29 is 32.4 Å². The number of amides is 7. The largest absolute Gasteiger partial charge is 0.352 e. The van der Waals surface area contributed by atoms with Crippen LogP contribution in [0, 0.1) is 0 Å². The van der Waals surface area contributed by atoms with Crippen LogP contribution in [0.2, 0.25) is 0 Å². The molecule has 15 heteroatoms. The zero-order chi connectivity index (χ0) is 30.8. The van der Waals surface area contributed by atoms with Crippen LogP contribution in [0.1, 0.15) is 43.6 Å². The molecular weight excluding hydrogens is 554 g/mol. The van der Waals surface area contributed by atoms with Gasteiger partial charge >= 0.3 is 12.1 Å². The summed E-state index contributed by atoms with van der Waals surface area (Å²) >= 11 is 0. The lowest BCUT2D eigenvalue weighted by Gasteiger charge is -2.29. The van der Waals surface area contributed by atoms with Gasteiger partial charge in [0.25, 0.3) is 5.91 Å². The normalized spacial score (nSPS) is 17.4. The van der Waals surface area contributed by atoms with Crippen LogP contribution in [0.3, 0.4) is 0 Å². The van der Waals surface area contributed by atoms with Crippen LogP contribution in [-0.4, -0.2) is 67.8 Å². The van der Waals surface area contributed by atoms with E-state index in [9.17, 15) is 32.4 Å². The fraction of sp³-hybridized carbons (Fsp3) is 0.346. The number of nitrogens with two attached hydrogens (primary N) is 1. The minimum atomic E-state index is -3.81. The Bertz CT molecular complexity index is 1500. The van der Waals surface area contributed by atoms with Crippen LogP contribution in [0.5, 0.6) is 0 Å². The molecule has 3 rings (SSSR count). The van der Waals surface area contributed by atoms with E-state index in [2.05, 4.69) is 26.6 Å². The zero-order valence-electron chi connectivity index (χ0n) is 23.2. The highest BCUT2D eigenvalue weighted by Gasteiger charge is 2.36. The van der Waals surface area contributed by atoms with Gasteiger partial charge in [-0.3, -0.25) is 14.4 Å². The number of hydrogen-bond acceptors (Lipinski definition) is 7. The Morgan fingerprint density at radius 3 is 1.88 bits per heavy atom. The Labute approximate surface area is 237 Å². The summed E-state index contributed by atoms with van der Waals surface area (Å²) in [4.78, 5) is 65.0. The number of sulfonamides is 1. The molecule has 2 aromatic rings. The van der Waals surface area contributed by atoms with E-state index in [1.807, 2.05) is 0 Å². The van der Waals surface area contributed by atoms with Gasteiger partial charge in [-0.2, -0.15) is 0 Å². The average Bonchev–Trinajstić information content (AvgIpc) is 2.87. The summed E-state index contributed by atoms with van der Waals surface area (Å²) in [6, 6.07) is 8.48. The molecule has 7 N–H and O–H groups in total. The number of benzene rings is 2. The van der Waals surface area contributed by atoms with Crippen molar-refractivity contribution in [2.45, 2.75) is 50.1 Å². The molecule has 1 heterocycles. The molecule has 0 saturated carbocycles. The van der Waals surface area contributed by atoms with E-state index in [1.54, 1.807) is 12.1 Å². The van der Waals surface area contributed by atoms with Crippen molar-refractivity contribution >= 4 is 51.2 Å². The van der Waals surface area contributed by atoms with E-state index < -0.39 is 50.9 Å². The van der Waals surface area contributed by atoms with Gasteiger partial charge in [0.15, 0.2) is 0 Å². The molecule has 1 aliphatic heterocycles. The van der Waals surface area contributed by atoms with Crippen molar-refractivity contribution in [2.75, 3.05) is 24.2 Å². The highest BCUT2D eigenvalue weighted by molar-refractivity contribution is 7.89. The van der Waals surface area contributed by atoms with E-state index in [-0.39, 0.29) is 28.4 Å². The van der Waals surface area contributed by atoms with Crippen LogP contribution >= 0.6 is 0 Å². The molecular formula is C26H33N7O7S. The molecule has 0 spiro atoms. The van der Waals surface area contributed by atoms with Gasteiger partial charge < -0.3 is 26.6 Å². The van der Waals surface area contributed by atoms with Crippen LogP contribution < -0.4 is 31.7 Å². The Kier molecular flexibility index (Phi) is 8.74. The maximum atomic E-state index is 13.1. The van der Waals surface area contributed by atoms with Crippen molar-refractivity contribution in [3.05, 3.63) is 53.6 Å². The molecule has 0 saturated heterocycles. The van der Waals surface area contributed by atoms with Gasteiger partial charge in [0, 0.05) is 19.2 Å². The predicted octanol–water partition coefficient (Wildman–Crippen LogP) is 1.11. The minimum absolute atomic E-state index is 0.0193. The number of rotatable bonds is 5. The third-order valence-electron chi connectivity index (χ3n) is 6.31. The van der Waals surface area contributed by atoms with Gasteiger partial charge in [-0.15, -0.1) is 0 Å². The highest BCUT2D eigenvalue weighted by Crippen LogP contribution is 2.26. The van der Waals surface area contributed by atoms with Crippen molar-refractivity contribution in [2.24, 2.45) is 5.14 Å². The van der Waals surface area contributed by atoms with E-state index in [0.717, 1.165) is 5.56 Å². The fourth-order valence-corrected chi connectivity index (χ4v) is 4.15.